The smallest absolute Gasteiger partial charge is 0.260 e. The molecule has 15 heavy (non-hydrogen) atoms. The highest BCUT2D eigenvalue weighted by Gasteiger charge is 2.09. The Hall–Kier alpha value is -1.62. The minimum atomic E-state index is 0.574. The SMILES string of the molecule is Cc1noc2nccc(NCCCN)c12. The summed E-state index contributed by atoms with van der Waals surface area (Å²) in [6, 6.07) is 1.92. The summed E-state index contributed by atoms with van der Waals surface area (Å²) >= 11 is 0. The largest absolute Gasteiger partial charge is 0.384 e. The quantitative estimate of drug-likeness (QED) is 0.737. The fourth-order valence-corrected chi connectivity index (χ4v) is 1.49. The predicted octanol–water partition coefficient (Wildman–Crippen LogP) is 1.29. The summed E-state index contributed by atoms with van der Waals surface area (Å²) in [5.41, 5.74) is 7.87. The van der Waals surface area contributed by atoms with E-state index in [2.05, 4.69) is 15.5 Å². The maximum absolute atomic E-state index is 5.43. The number of pyridine rings is 1. The van der Waals surface area contributed by atoms with Crippen molar-refractivity contribution < 1.29 is 4.52 Å². The molecule has 5 nitrogen and oxygen atoms in total. The average Bonchev–Trinajstić information content (AvgIpc) is 2.62. The maximum Gasteiger partial charge on any atom is 0.260 e. The lowest BCUT2D eigenvalue weighted by Crippen LogP contribution is -2.08. The summed E-state index contributed by atoms with van der Waals surface area (Å²) < 4.78 is 5.07. The van der Waals surface area contributed by atoms with Gasteiger partial charge in [0.25, 0.3) is 5.71 Å². The van der Waals surface area contributed by atoms with Gasteiger partial charge in [0.2, 0.25) is 0 Å². The van der Waals surface area contributed by atoms with E-state index < -0.39 is 0 Å². The molecule has 0 atom stereocenters. The van der Waals surface area contributed by atoms with Crippen LogP contribution in [0, 0.1) is 6.92 Å². The lowest BCUT2D eigenvalue weighted by molar-refractivity contribution is 0.443. The van der Waals surface area contributed by atoms with Gasteiger partial charge in [-0.3, -0.25) is 0 Å². The zero-order valence-electron chi connectivity index (χ0n) is 8.66. The fourth-order valence-electron chi connectivity index (χ4n) is 1.49. The van der Waals surface area contributed by atoms with Gasteiger partial charge in [-0.25, -0.2) is 4.98 Å². The molecule has 3 N–H and O–H groups in total. The molecule has 2 rings (SSSR count). The number of rotatable bonds is 4. The molecule has 0 saturated heterocycles. The van der Waals surface area contributed by atoms with E-state index in [1.165, 1.54) is 0 Å². The number of anilines is 1. The van der Waals surface area contributed by atoms with Crippen molar-refractivity contribution in [2.24, 2.45) is 5.73 Å². The number of aromatic nitrogens is 2. The normalized spacial score (nSPS) is 10.8. The van der Waals surface area contributed by atoms with Crippen molar-refractivity contribution in [3.05, 3.63) is 18.0 Å². The van der Waals surface area contributed by atoms with Crippen LogP contribution in [-0.2, 0) is 0 Å². The molecular weight excluding hydrogens is 192 g/mol. The number of nitrogens with one attached hydrogen (secondary N) is 1. The summed E-state index contributed by atoms with van der Waals surface area (Å²) in [5.74, 6) is 0. The zero-order chi connectivity index (χ0) is 10.7. The Balaban J connectivity index is 2.29. The molecule has 2 heterocycles. The van der Waals surface area contributed by atoms with Crippen LogP contribution in [0.2, 0.25) is 0 Å². The van der Waals surface area contributed by atoms with Crippen LogP contribution in [-0.4, -0.2) is 23.2 Å². The van der Waals surface area contributed by atoms with Crippen LogP contribution in [0.15, 0.2) is 16.8 Å². The molecule has 2 aromatic rings. The van der Waals surface area contributed by atoms with Crippen molar-refractivity contribution in [2.75, 3.05) is 18.4 Å². The second-order valence-corrected chi connectivity index (χ2v) is 3.38. The third kappa shape index (κ3) is 1.92. The van der Waals surface area contributed by atoms with Crippen LogP contribution in [0.5, 0.6) is 0 Å². The van der Waals surface area contributed by atoms with E-state index >= 15 is 0 Å². The Morgan fingerprint density at radius 3 is 3.20 bits per heavy atom. The van der Waals surface area contributed by atoms with Crippen molar-refractivity contribution in [1.29, 1.82) is 0 Å². The molecule has 0 radical (unpaired) electrons. The van der Waals surface area contributed by atoms with Gasteiger partial charge in [-0.1, -0.05) is 5.16 Å². The van der Waals surface area contributed by atoms with E-state index in [0.29, 0.717) is 12.3 Å². The average molecular weight is 206 g/mol. The van der Waals surface area contributed by atoms with Crippen molar-refractivity contribution in [3.8, 4) is 0 Å². The second-order valence-electron chi connectivity index (χ2n) is 3.38. The van der Waals surface area contributed by atoms with E-state index in [1.807, 2.05) is 13.0 Å². The molecular formula is C10H14N4O. The van der Waals surface area contributed by atoms with E-state index in [1.54, 1.807) is 6.20 Å². The molecule has 0 amide bonds. The van der Waals surface area contributed by atoms with Gasteiger partial charge in [0.05, 0.1) is 16.8 Å². The molecule has 2 aromatic heterocycles. The number of hydrogen-bond donors (Lipinski definition) is 2. The molecule has 80 valence electrons. The third-order valence-corrected chi connectivity index (χ3v) is 2.24. The Labute approximate surface area is 87.6 Å². The van der Waals surface area contributed by atoms with Crippen LogP contribution in [0.3, 0.4) is 0 Å². The van der Waals surface area contributed by atoms with E-state index in [4.69, 9.17) is 10.3 Å². The molecule has 5 heteroatoms. The van der Waals surface area contributed by atoms with Crippen LogP contribution >= 0.6 is 0 Å². The van der Waals surface area contributed by atoms with E-state index in [9.17, 15) is 0 Å². The third-order valence-electron chi connectivity index (χ3n) is 2.24. The summed E-state index contributed by atoms with van der Waals surface area (Å²) in [6.45, 7) is 3.44. The van der Waals surface area contributed by atoms with Gasteiger partial charge in [-0.05, 0) is 26.0 Å². The first-order valence-electron chi connectivity index (χ1n) is 4.98. The van der Waals surface area contributed by atoms with Gasteiger partial charge in [-0.2, -0.15) is 0 Å². The van der Waals surface area contributed by atoms with Crippen LogP contribution < -0.4 is 11.1 Å². The lowest BCUT2D eigenvalue weighted by Gasteiger charge is -2.05. The highest BCUT2D eigenvalue weighted by molar-refractivity contribution is 5.89. The molecule has 0 aliphatic carbocycles. The van der Waals surface area contributed by atoms with Crippen molar-refractivity contribution in [3.63, 3.8) is 0 Å². The van der Waals surface area contributed by atoms with Gasteiger partial charge in [0.1, 0.15) is 0 Å². The summed E-state index contributed by atoms with van der Waals surface area (Å²) in [5, 5.41) is 8.13. The van der Waals surface area contributed by atoms with Crippen molar-refractivity contribution >= 4 is 16.8 Å². The Kier molecular flexibility index (Phi) is 2.82. The number of hydrogen-bond acceptors (Lipinski definition) is 5. The molecule has 0 aliphatic heterocycles. The highest BCUT2D eigenvalue weighted by Crippen LogP contribution is 2.24. The molecule has 0 fully saturated rings. The molecule has 0 spiro atoms. The van der Waals surface area contributed by atoms with Crippen molar-refractivity contribution in [2.45, 2.75) is 13.3 Å². The Morgan fingerprint density at radius 1 is 1.53 bits per heavy atom. The minimum Gasteiger partial charge on any atom is -0.384 e. The topological polar surface area (TPSA) is 77.0 Å². The zero-order valence-corrected chi connectivity index (χ0v) is 8.66. The highest BCUT2D eigenvalue weighted by atomic mass is 16.5. The number of nitrogens with zero attached hydrogens (tertiary/aromatic N) is 2. The van der Waals surface area contributed by atoms with Crippen molar-refractivity contribution in [1.82, 2.24) is 10.1 Å². The first-order valence-corrected chi connectivity index (χ1v) is 4.98. The molecule has 0 aliphatic rings. The molecule has 0 saturated carbocycles. The number of fused-ring (bicyclic) bond motifs is 1. The predicted molar refractivity (Wildman–Crippen MR) is 58.7 cm³/mol. The van der Waals surface area contributed by atoms with Crippen LogP contribution in [0.25, 0.3) is 11.1 Å². The fraction of sp³-hybridized carbons (Fsp3) is 0.400. The Bertz CT molecular complexity index is 452. The van der Waals surface area contributed by atoms with Gasteiger partial charge >= 0.3 is 0 Å². The lowest BCUT2D eigenvalue weighted by atomic mass is 10.2. The molecule has 0 aromatic carbocycles. The standard InChI is InChI=1S/C10H14N4O/c1-7-9-8(12-5-2-4-11)3-6-13-10(9)15-14-7/h3,6H,2,4-5,11H2,1H3,(H,12,13). The summed E-state index contributed by atoms with van der Waals surface area (Å²) in [4.78, 5) is 4.10. The van der Waals surface area contributed by atoms with E-state index in [0.717, 1.165) is 29.7 Å². The van der Waals surface area contributed by atoms with E-state index in [-0.39, 0.29) is 0 Å². The summed E-state index contributed by atoms with van der Waals surface area (Å²) in [6.07, 6.45) is 2.64. The first-order chi connectivity index (χ1) is 7.33. The molecule has 0 unspecified atom stereocenters. The van der Waals surface area contributed by atoms with Gasteiger partial charge in [0, 0.05) is 12.7 Å². The van der Waals surface area contributed by atoms with Gasteiger partial charge in [0.15, 0.2) is 0 Å². The maximum atomic E-state index is 5.43. The number of nitrogens with two attached hydrogens (primary N) is 1. The minimum absolute atomic E-state index is 0.574. The van der Waals surface area contributed by atoms with Crippen LogP contribution in [0.1, 0.15) is 12.1 Å². The van der Waals surface area contributed by atoms with Gasteiger partial charge in [-0.15, -0.1) is 0 Å². The van der Waals surface area contributed by atoms with Crippen LogP contribution in [0.4, 0.5) is 5.69 Å². The summed E-state index contributed by atoms with van der Waals surface area (Å²) in [7, 11) is 0. The monoisotopic (exact) mass is 206 g/mol. The first kappa shape index (κ1) is 9.92. The second kappa shape index (κ2) is 4.27. The molecule has 0 bridgehead atoms. The number of aryl methyl sites for hydroxylation is 1. The van der Waals surface area contributed by atoms with Gasteiger partial charge < -0.3 is 15.6 Å². The Morgan fingerprint density at radius 2 is 2.40 bits per heavy atom.